The van der Waals surface area contributed by atoms with Crippen molar-refractivity contribution in [1.82, 2.24) is 9.80 Å². The first kappa shape index (κ1) is 12.7. The van der Waals surface area contributed by atoms with Gasteiger partial charge in [0.15, 0.2) is 0 Å². The zero-order chi connectivity index (χ0) is 13.2. The number of hydrogen-bond acceptors (Lipinski definition) is 4. The van der Waals surface area contributed by atoms with Crippen LogP contribution in [0, 0.1) is 0 Å². The highest BCUT2D eigenvalue weighted by Gasteiger charge is 2.15. The number of hydrogen-bond donors (Lipinski definition) is 1. The number of rotatable bonds is 3. The molecule has 1 aliphatic heterocycles. The molecule has 4 heteroatoms. The monoisotopic (exact) mass is 259 g/mol. The summed E-state index contributed by atoms with van der Waals surface area (Å²) in [4.78, 5) is 4.81. The molecule has 3 rings (SSSR count). The molecule has 2 aromatic rings. The van der Waals surface area contributed by atoms with Crippen LogP contribution in [0.2, 0.25) is 0 Å². The third-order valence-electron chi connectivity index (χ3n) is 3.84. The van der Waals surface area contributed by atoms with Gasteiger partial charge in [0.05, 0.1) is 6.54 Å². The first-order valence-electron chi connectivity index (χ1n) is 6.87. The molecule has 1 aromatic carbocycles. The van der Waals surface area contributed by atoms with Crippen molar-refractivity contribution >= 4 is 11.0 Å². The molecule has 1 fully saturated rings. The summed E-state index contributed by atoms with van der Waals surface area (Å²) in [5.41, 5.74) is 7.78. The Balaban J connectivity index is 1.74. The molecule has 0 atom stereocenters. The van der Waals surface area contributed by atoms with E-state index in [0.29, 0.717) is 6.54 Å². The SMILES string of the molecule is CN1CCN(Cc2cc3cc(CN)ccc3o2)CC1. The molecular weight excluding hydrogens is 238 g/mol. The summed E-state index contributed by atoms with van der Waals surface area (Å²) in [6.45, 7) is 5.98. The molecule has 0 bridgehead atoms. The van der Waals surface area contributed by atoms with Gasteiger partial charge in [-0.3, -0.25) is 4.90 Å². The second kappa shape index (κ2) is 5.33. The second-order valence-corrected chi connectivity index (χ2v) is 5.37. The van der Waals surface area contributed by atoms with Crippen LogP contribution in [0.1, 0.15) is 11.3 Å². The Morgan fingerprint density at radius 2 is 1.95 bits per heavy atom. The van der Waals surface area contributed by atoms with Crippen LogP contribution in [0.4, 0.5) is 0 Å². The van der Waals surface area contributed by atoms with Gasteiger partial charge >= 0.3 is 0 Å². The maximum Gasteiger partial charge on any atom is 0.134 e. The molecule has 1 aromatic heterocycles. The fourth-order valence-corrected chi connectivity index (χ4v) is 2.58. The molecule has 0 radical (unpaired) electrons. The number of likely N-dealkylation sites (N-methyl/N-ethyl adjacent to an activating group) is 1. The van der Waals surface area contributed by atoms with E-state index in [1.54, 1.807) is 0 Å². The molecule has 0 amide bonds. The normalized spacial score (nSPS) is 18.2. The maximum absolute atomic E-state index is 5.90. The van der Waals surface area contributed by atoms with Gasteiger partial charge in [0.2, 0.25) is 0 Å². The van der Waals surface area contributed by atoms with Gasteiger partial charge in [0.25, 0.3) is 0 Å². The summed E-state index contributed by atoms with van der Waals surface area (Å²) in [6, 6.07) is 8.32. The van der Waals surface area contributed by atoms with Crippen molar-refractivity contribution in [1.29, 1.82) is 0 Å². The third kappa shape index (κ3) is 2.81. The van der Waals surface area contributed by atoms with Crippen LogP contribution in [-0.4, -0.2) is 43.0 Å². The molecular formula is C15H21N3O. The van der Waals surface area contributed by atoms with E-state index in [0.717, 1.165) is 55.0 Å². The molecule has 0 unspecified atom stereocenters. The van der Waals surface area contributed by atoms with Gasteiger partial charge in [0.1, 0.15) is 11.3 Å². The Bertz CT molecular complexity index is 556. The number of nitrogens with zero attached hydrogens (tertiary/aromatic N) is 2. The van der Waals surface area contributed by atoms with E-state index < -0.39 is 0 Å². The minimum Gasteiger partial charge on any atom is -0.460 e. The number of piperazine rings is 1. The van der Waals surface area contributed by atoms with Gasteiger partial charge < -0.3 is 15.1 Å². The molecule has 2 heterocycles. The Kier molecular flexibility index (Phi) is 3.55. The lowest BCUT2D eigenvalue weighted by Crippen LogP contribution is -2.43. The van der Waals surface area contributed by atoms with Crippen LogP contribution >= 0.6 is 0 Å². The first-order chi connectivity index (χ1) is 9.24. The first-order valence-corrected chi connectivity index (χ1v) is 6.87. The van der Waals surface area contributed by atoms with Crippen molar-refractivity contribution in [2.75, 3.05) is 33.2 Å². The molecule has 4 nitrogen and oxygen atoms in total. The highest BCUT2D eigenvalue weighted by Crippen LogP contribution is 2.22. The van der Waals surface area contributed by atoms with Gasteiger partial charge in [-0.1, -0.05) is 6.07 Å². The number of nitrogens with two attached hydrogens (primary N) is 1. The predicted molar refractivity (Wildman–Crippen MR) is 76.9 cm³/mol. The average Bonchev–Trinajstić information content (AvgIpc) is 2.82. The zero-order valence-corrected chi connectivity index (χ0v) is 11.4. The van der Waals surface area contributed by atoms with Crippen molar-refractivity contribution in [3.05, 3.63) is 35.6 Å². The predicted octanol–water partition coefficient (Wildman–Crippen LogP) is 1.64. The van der Waals surface area contributed by atoms with Crippen molar-refractivity contribution < 1.29 is 4.42 Å². The highest BCUT2D eigenvalue weighted by atomic mass is 16.3. The van der Waals surface area contributed by atoms with Crippen LogP contribution in [0.5, 0.6) is 0 Å². The molecule has 2 N–H and O–H groups in total. The van der Waals surface area contributed by atoms with Gasteiger partial charge in [-0.15, -0.1) is 0 Å². The van der Waals surface area contributed by atoms with Gasteiger partial charge in [-0.05, 0) is 30.8 Å². The quantitative estimate of drug-likeness (QED) is 0.910. The minimum atomic E-state index is 0.578. The summed E-state index contributed by atoms with van der Waals surface area (Å²) in [5, 5.41) is 1.16. The minimum absolute atomic E-state index is 0.578. The molecule has 102 valence electrons. The largest absolute Gasteiger partial charge is 0.460 e. The molecule has 19 heavy (non-hydrogen) atoms. The van der Waals surface area contributed by atoms with Crippen molar-refractivity contribution in [3.63, 3.8) is 0 Å². The van der Waals surface area contributed by atoms with E-state index in [9.17, 15) is 0 Å². The Labute approximate surface area is 113 Å². The average molecular weight is 259 g/mol. The highest BCUT2D eigenvalue weighted by molar-refractivity contribution is 5.78. The van der Waals surface area contributed by atoms with E-state index in [4.69, 9.17) is 10.2 Å². The fourth-order valence-electron chi connectivity index (χ4n) is 2.58. The van der Waals surface area contributed by atoms with E-state index in [1.807, 2.05) is 12.1 Å². The number of benzene rings is 1. The van der Waals surface area contributed by atoms with Crippen LogP contribution in [0.25, 0.3) is 11.0 Å². The lowest BCUT2D eigenvalue weighted by molar-refractivity contribution is 0.141. The number of fused-ring (bicyclic) bond motifs is 1. The maximum atomic E-state index is 5.90. The van der Waals surface area contributed by atoms with Crippen LogP contribution in [0.3, 0.4) is 0 Å². The topological polar surface area (TPSA) is 45.6 Å². The summed E-state index contributed by atoms with van der Waals surface area (Å²) in [5.74, 6) is 1.05. The fraction of sp³-hybridized carbons (Fsp3) is 0.467. The van der Waals surface area contributed by atoms with Crippen LogP contribution < -0.4 is 5.73 Å². The lowest BCUT2D eigenvalue weighted by Gasteiger charge is -2.31. The Hall–Kier alpha value is -1.36. The van der Waals surface area contributed by atoms with E-state index in [1.165, 1.54) is 0 Å². The Morgan fingerprint density at radius 3 is 2.68 bits per heavy atom. The van der Waals surface area contributed by atoms with Crippen molar-refractivity contribution in [2.45, 2.75) is 13.1 Å². The lowest BCUT2D eigenvalue weighted by atomic mass is 10.1. The summed E-state index contributed by atoms with van der Waals surface area (Å²) >= 11 is 0. The smallest absolute Gasteiger partial charge is 0.134 e. The zero-order valence-electron chi connectivity index (χ0n) is 11.4. The van der Waals surface area contributed by atoms with Crippen molar-refractivity contribution in [2.24, 2.45) is 5.73 Å². The van der Waals surface area contributed by atoms with Crippen LogP contribution in [-0.2, 0) is 13.1 Å². The van der Waals surface area contributed by atoms with E-state index in [-0.39, 0.29) is 0 Å². The summed E-state index contributed by atoms with van der Waals surface area (Å²) < 4.78 is 5.90. The summed E-state index contributed by atoms with van der Waals surface area (Å²) in [7, 11) is 2.17. The van der Waals surface area contributed by atoms with Crippen molar-refractivity contribution in [3.8, 4) is 0 Å². The molecule has 0 saturated carbocycles. The molecule has 0 aliphatic carbocycles. The van der Waals surface area contributed by atoms with Gasteiger partial charge in [-0.2, -0.15) is 0 Å². The van der Waals surface area contributed by atoms with Gasteiger partial charge in [-0.25, -0.2) is 0 Å². The number of furan rings is 1. The molecule has 1 saturated heterocycles. The van der Waals surface area contributed by atoms with E-state index >= 15 is 0 Å². The summed E-state index contributed by atoms with van der Waals surface area (Å²) in [6.07, 6.45) is 0. The van der Waals surface area contributed by atoms with Gasteiger partial charge in [0, 0.05) is 38.1 Å². The standard InChI is InChI=1S/C15H21N3O/c1-17-4-6-18(7-5-17)11-14-9-13-8-12(10-16)2-3-15(13)19-14/h2-3,8-9H,4-7,10-11,16H2,1H3. The third-order valence-corrected chi connectivity index (χ3v) is 3.84. The second-order valence-electron chi connectivity index (χ2n) is 5.37. The van der Waals surface area contributed by atoms with Crippen LogP contribution in [0.15, 0.2) is 28.7 Å². The molecule has 0 spiro atoms. The van der Waals surface area contributed by atoms with E-state index in [2.05, 4.69) is 29.0 Å². The Morgan fingerprint density at radius 1 is 1.16 bits per heavy atom. The molecule has 1 aliphatic rings.